The van der Waals surface area contributed by atoms with Gasteiger partial charge in [0.1, 0.15) is 13.2 Å². The summed E-state index contributed by atoms with van der Waals surface area (Å²) in [5, 5.41) is 0. The molecule has 6 nitrogen and oxygen atoms in total. The van der Waals surface area contributed by atoms with E-state index in [9.17, 15) is 14.4 Å². The second kappa shape index (κ2) is 56.6. The van der Waals surface area contributed by atoms with Crippen LogP contribution in [0.3, 0.4) is 0 Å². The van der Waals surface area contributed by atoms with Crippen molar-refractivity contribution in [1.82, 2.24) is 0 Å². The lowest BCUT2D eigenvalue weighted by Crippen LogP contribution is -2.30. The van der Waals surface area contributed by atoms with Crippen molar-refractivity contribution in [3.63, 3.8) is 0 Å². The molecule has 0 aromatic carbocycles. The Morgan fingerprint density at radius 1 is 0.296 bits per heavy atom. The van der Waals surface area contributed by atoms with Crippen LogP contribution in [0.15, 0.2) is 207 Å². The minimum atomic E-state index is -0.864. The van der Waals surface area contributed by atoms with Crippen molar-refractivity contribution < 1.29 is 28.6 Å². The zero-order chi connectivity index (χ0) is 51.4. The van der Waals surface area contributed by atoms with Crippen LogP contribution in [-0.2, 0) is 28.6 Å². The minimum absolute atomic E-state index is 0.156. The fourth-order valence-electron chi connectivity index (χ4n) is 6.08. The van der Waals surface area contributed by atoms with Crippen LogP contribution >= 0.6 is 0 Å². The van der Waals surface area contributed by atoms with Crippen LogP contribution in [0.4, 0.5) is 0 Å². The van der Waals surface area contributed by atoms with Gasteiger partial charge in [0.15, 0.2) is 6.10 Å². The Kier molecular flexibility index (Phi) is 51.8. The largest absolute Gasteiger partial charge is 0.462 e. The van der Waals surface area contributed by atoms with E-state index in [1.165, 1.54) is 0 Å². The molecular weight excluding hydrogens is 877 g/mol. The van der Waals surface area contributed by atoms with Crippen LogP contribution in [0.1, 0.15) is 162 Å². The van der Waals surface area contributed by atoms with Gasteiger partial charge in [-0.1, -0.05) is 234 Å². The Labute approximate surface area is 432 Å². The quantitative estimate of drug-likeness (QED) is 0.0199. The number of hydrogen-bond donors (Lipinski definition) is 0. The Hall–Kier alpha value is -6.01. The lowest BCUT2D eigenvalue weighted by atomic mass is 10.1. The number of hydrogen-bond acceptors (Lipinski definition) is 6. The molecular formula is C65H92O6. The molecule has 0 aromatic heterocycles. The summed E-state index contributed by atoms with van der Waals surface area (Å²) in [6.45, 7) is 6.08. The van der Waals surface area contributed by atoms with Crippen LogP contribution in [0.2, 0.25) is 0 Å². The minimum Gasteiger partial charge on any atom is -0.462 e. The zero-order valence-corrected chi connectivity index (χ0v) is 44.1. The summed E-state index contributed by atoms with van der Waals surface area (Å²) in [5.41, 5.74) is 0. The Morgan fingerprint density at radius 2 is 0.592 bits per heavy atom. The summed E-state index contributed by atoms with van der Waals surface area (Å²) in [4.78, 5) is 38.1. The fraction of sp³-hybridized carbons (Fsp3) is 0.431. The molecule has 0 radical (unpaired) electrons. The number of rotatable bonds is 44. The molecule has 0 spiro atoms. The van der Waals surface area contributed by atoms with Crippen LogP contribution in [0, 0.1) is 0 Å². The number of unbranched alkanes of at least 4 members (excludes halogenated alkanes) is 5. The van der Waals surface area contributed by atoms with Gasteiger partial charge in [0.05, 0.1) is 0 Å². The van der Waals surface area contributed by atoms with Crippen LogP contribution in [0.25, 0.3) is 0 Å². The molecule has 0 amide bonds. The fourth-order valence-corrected chi connectivity index (χ4v) is 6.08. The molecule has 0 bridgehead atoms. The molecule has 0 saturated carbocycles. The van der Waals surface area contributed by atoms with Crippen molar-refractivity contribution in [2.75, 3.05) is 13.2 Å². The van der Waals surface area contributed by atoms with E-state index in [1.807, 2.05) is 72.9 Å². The summed E-state index contributed by atoms with van der Waals surface area (Å²) >= 11 is 0. The molecule has 0 rings (SSSR count). The van der Waals surface area contributed by atoms with Gasteiger partial charge in [0.25, 0.3) is 0 Å². The highest BCUT2D eigenvalue weighted by Crippen LogP contribution is 2.09. The van der Waals surface area contributed by atoms with Crippen LogP contribution < -0.4 is 0 Å². The smallest absolute Gasteiger partial charge is 0.306 e. The van der Waals surface area contributed by atoms with E-state index in [1.54, 1.807) is 0 Å². The molecule has 0 aliphatic carbocycles. The first-order chi connectivity index (χ1) is 35.0. The molecule has 71 heavy (non-hydrogen) atoms. The molecule has 388 valence electrons. The lowest BCUT2D eigenvalue weighted by Gasteiger charge is -2.18. The van der Waals surface area contributed by atoms with Crippen molar-refractivity contribution in [2.24, 2.45) is 0 Å². The highest BCUT2D eigenvalue weighted by atomic mass is 16.6. The maximum absolute atomic E-state index is 12.8. The monoisotopic (exact) mass is 969 g/mol. The summed E-state index contributed by atoms with van der Waals surface area (Å²) in [5.74, 6) is -1.14. The van der Waals surface area contributed by atoms with Gasteiger partial charge in [0.2, 0.25) is 0 Å². The first-order valence-electron chi connectivity index (χ1n) is 26.7. The van der Waals surface area contributed by atoms with E-state index in [-0.39, 0.29) is 44.4 Å². The highest BCUT2D eigenvalue weighted by Gasteiger charge is 2.19. The van der Waals surface area contributed by atoms with E-state index >= 15 is 0 Å². The third-order valence-corrected chi connectivity index (χ3v) is 9.96. The van der Waals surface area contributed by atoms with Gasteiger partial charge >= 0.3 is 17.9 Å². The van der Waals surface area contributed by atoms with E-state index in [4.69, 9.17) is 14.2 Å². The standard InChI is InChI=1S/C65H92O6/c1-4-7-10-13-16-19-22-25-28-31-32-35-37-40-43-46-49-52-55-58-64(67)70-61-62(71-65(68)59-56-53-50-47-44-41-38-34-30-27-24-21-18-15-12-9-6-3)60-69-63(66)57-54-51-48-45-42-39-36-33-29-26-23-20-17-14-11-8-5-2/h7-13,16-22,25-32,35-41,43,45,47-48,50,62H,4-6,14-15,23-24,33-34,42,44,46,49,51-61H2,1-3H3/b10-7-,11-8-,12-9-,16-13-,20-17-,21-18-,22-19-,28-25-,29-26-,30-27-,32-31+,37-35-,39-36-,41-38-,43-40-,48-45-,50-47-. The van der Waals surface area contributed by atoms with Gasteiger partial charge in [-0.15, -0.1) is 0 Å². The SMILES string of the molecule is CC\C=C/C=C\C=C/C=C\C=C\C=C/C=C\CCCCCC(=O)OCC(COC(=O)CCC/C=C\C/C=C\C/C=C\C/C=C\C/C=C\CC)OC(=O)CCC/C=C\C/C=C\C/C=C\C/C=C\C/C=C\CC. The Bertz CT molecular complexity index is 1830. The third kappa shape index (κ3) is 54.8. The maximum Gasteiger partial charge on any atom is 0.306 e. The second-order valence-electron chi connectivity index (χ2n) is 16.5. The molecule has 1 atom stereocenters. The summed E-state index contributed by atoms with van der Waals surface area (Å²) in [6, 6.07) is 0. The van der Waals surface area contributed by atoms with Crippen molar-refractivity contribution in [1.29, 1.82) is 0 Å². The molecule has 1 unspecified atom stereocenters. The lowest BCUT2D eigenvalue weighted by molar-refractivity contribution is -0.167. The average Bonchev–Trinajstić information content (AvgIpc) is 3.37. The van der Waals surface area contributed by atoms with Crippen molar-refractivity contribution in [3.05, 3.63) is 207 Å². The van der Waals surface area contributed by atoms with Crippen molar-refractivity contribution in [2.45, 2.75) is 168 Å². The number of carbonyl (C=O) groups excluding carboxylic acids is 3. The van der Waals surface area contributed by atoms with Crippen molar-refractivity contribution >= 4 is 17.9 Å². The number of carbonyl (C=O) groups is 3. The third-order valence-electron chi connectivity index (χ3n) is 9.96. The normalized spacial score (nSPS) is 13.8. The molecule has 0 fully saturated rings. The van der Waals surface area contributed by atoms with Crippen LogP contribution in [0.5, 0.6) is 0 Å². The first kappa shape index (κ1) is 65.0. The predicted molar refractivity (Wildman–Crippen MR) is 306 cm³/mol. The highest BCUT2D eigenvalue weighted by molar-refractivity contribution is 5.71. The van der Waals surface area contributed by atoms with Gasteiger partial charge in [0, 0.05) is 19.3 Å². The Morgan fingerprint density at radius 3 is 0.972 bits per heavy atom. The number of allylic oxidation sites excluding steroid dienone is 34. The van der Waals surface area contributed by atoms with Crippen molar-refractivity contribution in [3.8, 4) is 0 Å². The number of ether oxygens (including phenoxy) is 3. The summed E-state index contributed by atoms with van der Waals surface area (Å²) in [6.07, 6.45) is 88.1. The number of esters is 3. The predicted octanol–water partition coefficient (Wildman–Crippen LogP) is 18.1. The molecule has 0 aliphatic heterocycles. The van der Waals surface area contributed by atoms with Gasteiger partial charge in [-0.05, 0) is 116 Å². The molecule has 0 saturated heterocycles. The Balaban J connectivity index is 4.73. The topological polar surface area (TPSA) is 78.9 Å². The van der Waals surface area contributed by atoms with Gasteiger partial charge in [-0.25, -0.2) is 0 Å². The first-order valence-corrected chi connectivity index (χ1v) is 26.7. The van der Waals surface area contributed by atoms with E-state index in [2.05, 4.69) is 154 Å². The van der Waals surface area contributed by atoms with Gasteiger partial charge in [-0.3, -0.25) is 14.4 Å². The van der Waals surface area contributed by atoms with Gasteiger partial charge in [-0.2, -0.15) is 0 Å². The average molecular weight is 969 g/mol. The molecule has 0 heterocycles. The summed E-state index contributed by atoms with van der Waals surface area (Å²) < 4.78 is 16.7. The summed E-state index contributed by atoms with van der Waals surface area (Å²) in [7, 11) is 0. The maximum atomic E-state index is 12.8. The second-order valence-corrected chi connectivity index (χ2v) is 16.5. The van der Waals surface area contributed by atoms with E-state index in [0.717, 1.165) is 103 Å². The molecule has 0 N–H and O–H groups in total. The van der Waals surface area contributed by atoms with Crippen LogP contribution in [-0.4, -0.2) is 37.2 Å². The van der Waals surface area contributed by atoms with E-state index < -0.39 is 12.1 Å². The van der Waals surface area contributed by atoms with E-state index in [0.29, 0.717) is 19.3 Å². The molecule has 0 aliphatic rings. The molecule has 6 heteroatoms. The molecule has 0 aromatic rings. The zero-order valence-electron chi connectivity index (χ0n) is 44.1. The van der Waals surface area contributed by atoms with Gasteiger partial charge < -0.3 is 14.2 Å².